The number of nitro groups is 1. The van der Waals surface area contributed by atoms with Gasteiger partial charge in [0.05, 0.1) is 4.92 Å². The minimum absolute atomic E-state index is 0. The summed E-state index contributed by atoms with van der Waals surface area (Å²) in [7, 11) is 0. The molecule has 1 aromatic carbocycles. The van der Waals surface area contributed by atoms with E-state index in [2.05, 4.69) is 11.8 Å². The summed E-state index contributed by atoms with van der Waals surface area (Å²) in [6.07, 6.45) is 4.01. The van der Waals surface area contributed by atoms with E-state index >= 15 is 0 Å². The molecule has 2 saturated heterocycles. The number of halogens is 1. The molecule has 0 bridgehead atoms. The Morgan fingerprint density at radius 3 is 2.54 bits per heavy atom. The molecule has 2 heterocycles. The molecule has 0 aliphatic carbocycles. The van der Waals surface area contributed by atoms with Gasteiger partial charge in [-0.25, -0.2) is 0 Å². The summed E-state index contributed by atoms with van der Waals surface area (Å²) in [5, 5.41) is 11.7. The molecule has 3 rings (SSSR count). The average Bonchev–Trinajstić information content (AvgIpc) is 2.67. The second-order valence-corrected chi connectivity index (χ2v) is 8.14. The molecule has 1 amide bonds. The molecule has 0 radical (unpaired) electrons. The monoisotopic (exact) mass is 410 g/mol. The topological polar surface area (TPSA) is 92.7 Å². The fourth-order valence-corrected chi connectivity index (χ4v) is 4.13. The molecule has 2 fully saturated rings. The maximum absolute atomic E-state index is 12.9. The van der Waals surface area contributed by atoms with Crippen LogP contribution < -0.4 is 10.6 Å². The minimum atomic E-state index is -0.370. The number of piperidine rings is 2. The smallest absolute Gasteiger partial charge is 0.293 e. The van der Waals surface area contributed by atoms with Gasteiger partial charge in [0.1, 0.15) is 5.69 Å². The Labute approximate surface area is 172 Å². The van der Waals surface area contributed by atoms with Gasteiger partial charge in [-0.3, -0.25) is 14.9 Å². The number of amides is 1. The molecule has 1 aromatic rings. The van der Waals surface area contributed by atoms with E-state index in [0.29, 0.717) is 30.3 Å². The van der Waals surface area contributed by atoms with E-state index in [9.17, 15) is 14.9 Å². The van der Waals surface area contributed by atoms with Crippen LogP contribution in [0.25, 0.3) is 0 Å². The number of nitro benzene ring substituents is 1. The molecular formula is C20H31ClN4O3. The van der Waals surface area contributed by atoms with Crippen molar-refractivity contribution >= 4 is 29.7 Å². The first kappa shape index (κ1) is 22.4. The average molecular weight is 411 g/mol. The van der Waals surface area contributed by atoms with Gasteiger partial charge < -0.3 is 15.5 Å². The number of hydrogen-bond donors (Lipinski definition) is 1. The summed E-state index contributed by atoms with van der Waals surface area (Å²) in [5.74, 6) is 0.799. The second-order valence-electron chi connectivity index (χ2n) is 8.14. The van der Waals surface area contributed by atoms with E-state index < -0.39 is 0 Å². The third-order valence-electron chi connectivity index (χ3n) is 6.03. The molecule has 2 N–H and O–H groups in total. The molecule has 156 valence electrons. The fourth-order valence-electron chi connectivity index (χ4n) is 4.13. The predicted molar refractivity (Wildman–Crippen MR) is 113 cm³/mol. The Balaban J connectivity index is 0.00000280. The van der Waals surface area contributed by atoms with Crippen molar-refractivity contribution in [2.45, 2.75) is 45.6 Å². The first-order valence-electron chi connectivity index (χ1n) is 9.95. The van der Waals surface area contributed by atoms with Crippen molar-refractivity contribution in [3.8, 4) is 0 Å². The number of rotatable bonds is 4. The summed E-state index contributed by atoms with van der Waals surface area (Å²) in [6, 6.07) is 4.97. The van der Waals surface area contributed by atoms with Gasteiger partial charge in [0.15, 0.2) is 0 Å². The molecule has 2 aliphatic rings. The predicted octanol–water partition coefficient (Wildman–Crippen LogP) is 3.45. The molecule has 8 heteroatoms. The van der Waals surface area contributed by atoms with Crippen LogP contribution in [0.3, 0.4) is 0 Å². The number of nitrogens with zero attached hydrogens (tertiary/aromatic N) is 3. The van der Waals surface area contributed by atoms with E-state index in [1.807, 2.05) is 6.92 Å². The molecule has 2 unspecified atom stereocenters. The lowest BCUT2D eigenvalue weighted by molar-refractivity contribution is -0.384. The van der Waals surface area contributed by atoms with Gasteiger partial charge in [0.25, 0.3) is 11.6 Å². The van der Waals surface area contributed by atoms with Crippen LogP contribution in [-0.2, 0) is 0 Å². The summed E-state index contributed by atoms with van der Waals surface area (Å²) < 4.78 is 0. The van der Waals surface area contributed by atoms with Crippen LogP contribution in [-0.4, -0.2) is 48.0 Å². The zero-order chi connectivity index (χ0) is 19.6. The number of carbonyl (C=O) groups excluding carboxylic acids is 1. The normalized spacial score (nSPS) is 21.8. The van der Waals surface area contributed by atoms with Gasteiger partial charge in [0.2, 0.25) is 0 Å². The van der Waals surface area contributed by atoms with Crippen molar-refractivity contribution in [2.75, 3.05) is 31.1 Å². The Kier molecular flexibility index (Phi) is 7.66. The number of carbonyl (C=O) groups is 1. The van der Waals surface area contributed by atoms with Crippen LogP contribution in [0.15, 0.2) is 18.2 Å². The standard InChI is InChI=1S/C20H30N4O3.ClH/c1-14-7-10-22(11-8-14)18-6-5-16(12-19(18)24(26)27)20(25)23-9-3-4-17(13-23)15(2)21;/h5-6,12,14-15,17H,3-4,7-11,13,21H2,1-2H3;1H. The van der Waals surface area contributed by atoms with Crippen LogP contribution in [0.1, 0.15) is 49.9 Å². The van der Waals surface area contributed by atoms with E-state index in [-0.39, 0.29) is 40.9 Å². The molecule has 0 saturated carbocycles. The van der Waals surface area contributed by atoms with E-state index in [1.54, 1.807) is 17.0 Å². The number of benzene rings is 1. The third kappa shape index (κ3) is 4.94. The van der Waals surface area contributed by atoms with Crippen LogP contribution in [0.2, 0.25) is 0 Å². The fraction of sp³-hybridized carbons (Fsp3) is 0.650. The van der Waals surface area contributed by atoms with Crippen LogP contribution in [0.4, 0.5) is 11.4 Å². The SMILES string of the molecule is CC1CCN(c2ccc(C(=O)N3CCCC(C(C)N)C3)cc2[N+](=O)[O-])CC1.Cl. The first-order chi connectivity index (χ1) is 12.9. The number of hydrogen-bond acceptors (Lipinski definition) is 5. The second kappa shape index (κ2) is 9.56. The zero-order valence-corrected chi connectivity index (χ0v) is 17.5. The van der Waals surface area contributed by atoms with Crippen LogP contribution in [0, 0.1) is 22.0 Å². The number of anilines is 1. The Hall–Kier alpha value is -1.86. The van der Waals surface area contributed by atoms with Crippen molar-refractivity contribution in [3.63, 3.8) is 0 Å². The van der Waals surface area contributed by atoms with Gasteiger partial charge in [-0.1, -0.05) is 6.92 Å². The maximum Gasteiger partial charge on any atom is 0.293 e. The summed E-state index contributed by atoms with van der Waals surface area (Å²) in [4.78, 5) is 28.1. The maximum atomic E-state index is 12.9. The van der Waals surface area contributed by atoms with Crippen LogP contribution >= 0.6 is 12.4 Å². The van der Waals surface area contributed by atoms with E-state index in [0.717, 1.165) is 38.8 Å². The molecule has 2 aliphatic heterocycles. The molecular weight excluding hydrogens is 380 g/mol. The quantitative estimate of drug-likeness (QED) is 0.606. The molecule has 2 atom stereocenters. The summed E-state index contributed by atoms with van der Waals surface area (Å²) >= 11 is 0. The Morgan fingerprint density at radius 1 is 1.25 bits per heavy atom. The lowest BCUT2D eigenvalue weighted by atomic mass is 9.92. The van der Waals surface area contributed by atoms with Crippen molar-refractivity contribution in [2.24, 2.45) is 17.6 Å². The van der Waals surface area contributed by atoms with Crippen molar-refractivity contribution in [1.29, 1.82) is 0 Å². The van der Waals surface area contributed by atoms with Crippen molar-refractivity contribution < 1.29 is 9.72 Å². The highest BCUT2D eigenvalue weighted by molar-refractivity contribution is 5.96. The molecule has 0 aromatic heterocycles. The zero-order valence-electron chi connectivity index (χ0n) is 16.7. The summed E-state index contributed by atoms with van der Waals surface area (Å²) in [5.41, 5.74) is 7.05. The van der Waals surface area contributed by atoms with Crippen molar-refractivity contribution in [1.82, 2.24) is 4.90 Å². The van der Waals surface area contributed by atoms with E-state index in [1.165, 1.54) is 6.07 Å². The summed E-state index contributed by atoms with van der Waals surface area (Å²) in [6.45, 7) is 7.12. The highest BCUT2D eigenvalue weighted by Gasteiger charge is 2.29. The highest BCUT2D eigenvalue weighted by Crippen LogP contribution is 2.33. The lowest BCUT2D eigenvalue weighted by Gasteiger charge is -2.35. The lowest BCUT2D eigenvalue weighted by Crippen LogP contribution is -2.45. The number of likely N-dealkylation sites (tertiary alicyclic amines) is 1. The van der Waals surface area contributed by atoms with E-state index in [4.69, 9.17) is 5.73 Å². The molecule has 7 nitrogen and oxygen atoms in total. The van der Waals surface area contributed by atoms with Gasteiger partial charge in [0, 0.05) is 43.9 Å². The van der Waals surface area contributed by atoms with Gasteiger partial charge in [-0.15, -0.1) is 12.4 Å². The largest absolute Gasteiger partial charge is 0.366 e. The third-order valence-corrected chi connectivity index (χ3v) is 6.03. The van der Waals surface area contributed by atoms with Gasteiger partial charge in [-0.2, -0.15) is 0 Å². The van der Waals surface area contributed by atoms with Gasteiger partial charge in [-0.05, 0) is 56.6 Å². The first-order valence-corrected chi connectivity index (χ1v) is 9.95. The van der Waals surface area contributed by atoms with Crippen LogP contribution in [0.5, 0.6) is 0 Å². The number of nitrogens with two attached hydrogens (primary N) is 1. The Bertz CT molecular complexity index is 705. The van der Waals surface area contributed by atoms with Crippen molar-refractivity contribution in [3.05, 3.63) is 33.9 Å². The highest BCUT2D eigenvalue weighted by atomic mass is 35.5. The Morgan fingerprint density at radius 2 is 1.93 bits per heavy atom. The minimum Gasteiger partial charge on any atom is -0.366 e. The van der Waals surface area contributed by atoms with Gasteiger partial charge >= 0.3 is 0 Å². The molecule has 0 spiro atoms. The molecule has 28 heavy (non-hydrogen) atoms.